The fraction of sp³-hybridized carbons (Fsp3) is 1.00. The highest BCUT2D eigenvalue weighted by molar-refractivity contribution is 4.87. The number of hydrogen-bond donors (Lipinski definition) is 1. The van der Waals surface area contributed by atoms with Gasteiger partial charge in [0.25, 0.3) is 0 Å². The lowest BCUT2D eigenvalue weighted by molar-refractivity contribution is 0.00441. The van der Waals surface area contributed by atoms with E-state index < -0.39 is 0 Å². The second-order valence-corrected chi connectivity index (χ2v) is 7.79. The van der Waals surface area contributed by atoms with E-state index in [9.17, 15) is 0 Å². The summed E-state index contributed by atoms with van der Waals surface area (Å²) in [4.78, 5) is 0. The van der Waals surface area contributed by atoms with E-state index in [0.717, 1.165) is 23.8 Å². The molecule has 0 aliphatic heterocycles. The van der Waals surface area contributed by atoms with Crippen LogP contribution in [0.1, 0.15) is 72.1 Å². The molecule has 20 heavy (non-hydrogen) atoms. The van der Waals surface area contributed by atoms with Gasteiger partial charge in [0.15, 0.2) is 0 Å². The third kappa shape index (κ3) is 5.04. The third-order valence-electron chi connectivity index (χ3n) is 5.74. The third-order valence-corrected chi connectivity index (χ3v) is 5.74. The minimum Gasteiger partial charge on any atom is -0.379 e. The Balaban J connectivity index is 1.83. The molecule has 0 heterocycles. The molecule has 0 aromatic carbocycles. The van der Waals surface area contributed by atoms with Crippen LogP contribution in [0.3, 0.4) is 0 Å². The summed E-state index contributed by atoms with van der Waals surface area (Å²) in [6, 6.07) is 0.856. The molecule has 1 N–H and O–H groups in total. The van der Waals surface area contributed by atoms with Crippen molar-refractivity contribution in [2.45, 2.75) is 83.8 Å². The van der Waals surface area contributed by atoms with E-state index in [4.69, 9.17) is 4.74 Å². The molecular weight excluding hydrogens is 246 g/mol. The summed E-state index contributed by atoms with van der Waals surface area (Å²) in [5.74, 6) is 2.79. The predicted octanol–water partition coefficient (Wildman–Crippen LogP) is 4.39. The van der Waals surface area contributed by atoms with Crippen LogP contribution in [0.25, 0.3) is 0 Å². The van der Waals surface area contributed by atoms with Crippen LogP contribution in [0, 0.1) is 17.8 Å². The first-order chi connectivity index (χ1) is 9.54. The first-order valence-electron chi connectivity index (χ1n) is 8.82. The van der Waals surface area contributed by atoms with Crippen LogP contribution in [0.5, 0.6) is 0 Å². The second-order valence-electron chi connectivity index (χ2n) is 7.79. The summed E-state index contributed by atoms with van der Waals surface area (Å²) in [7, 11) is 1.85. The van der Waals surface area contributed by atoms with Gasteiger partial charge in [0.2, 0.25) is 0 Å². The minimum atomic E-state index is 0.0492. The Labute approximate surface area is 126 Å². The topological polar surface area (TPSA) is 21.3 Å². The molecule has 118 valence electrons. The molecule has 0 aromatic heterocycles. The molecule has 0 aromatic rings. The van der Waals surface area contributed by atoms with Crippen molar-refractivity contribution in [2.75, 3.05) is 13.7 Å². The van der Waals surface area contributed by atoms with Crippen LogP contribution < -0.4 is 5.32 Å². The molecule has 2 aliphatic rings. The zero-order chi connectivity index (χ0) is 14.6. The lowest BCUT2D eigenvalue weighted by Crippen LogP contribution is -2.35. The van der Waals surface area contributed by atoms with Gasteiger partial charge in [0.05, 0.1) is 5.60 Å². The van der Waals surface area contributed by atoms with Crippen molar-refractivity contribution in [3.63, 3.8) is 0 Å². The Kier molecular flexibility index (Phi) is 5.92. The zero-order valence-electron chi connectivity index (χ0n) is 14.1. The van der Waals surface area contributed by atoms with Crippen molar-refractivity contribution in [1.82, 2.24) is 5.32 Å². The molecule has 0 radical (unpaired) electrons. The van der Waals surface area contributed by atoms with Gasteiger partial charge in [-0.15, -0.1) is 0 Å². The molecule has 3 atom stereocenters. The van der Waals surface area contributed by atoms with Gasteiger partial charge in [-0.05, 0) is 76.7 Å². The Morgan fingerprint density at radius 1 is 1.10 bits per heavy atom. The van der Waals surface area contributed by atoms with Gasteiger partial charge in [-0.3, -0.25) is 0 Å². The smallest absolute Gasteiger partial charge is 0.0622 e. The van der Waals surface area contributed by atoms with Crippen LogP contribution in [-0.2, 0) is 4.74 Å². The summed E-state index contributed by atoms with van der Waals surface area (Å²) in [6.07, 6.45) is 11.1. The van der Waals surface area contributed by atoms with E-state index in [2.05, 4.69) is 26.1 Å². The van der Waals surface area contributed by atoms with Crippen molar-refractivity contribution < 1.29 is 4.74 Å². The van der Waals surface area contributed by atoms with E-state index in [1.165, 1.54) is 57.9 Å². The molecule has 0 saturated heterocycles. The van der Waals surface area contributed by atoms with Gasteiger partial charge < -0.3 is 10.1 Å². The van der Waals surface area contributed by atoms with Crippen molar-refractivity contribution in [2.24, 2.45) is 17.8 Å². The van der Waals surface area contributed by atoms with Crippen molar-refractivity contribution in [3.8, 4) is 0 Å². The molecular formula is C18H35NO. The van der Waals surface area contributed by atoms with Crippen molar-refractivity contribution in [1.29, 1.82) is 0 Å². The SMILES string of the molecule is CCC1CCC(CNC2CC2)C(CCC(C)(C)OC)C1. The predicted molar refractivity (Wildman–Crippen MR) is 86.0 cm³/mol. The van der Waals surface area contributed by atoms with Crippen LogP contribution >= 0.6 is 0 Å². The van der Waals surface area contributed by atoms with Crippen molar-refractivity contribution >= 4 is 0 Å². The highest BCUT2D eigenvalue weighted by Crippen LogP contribution is 2.39. The van der Waals surface area contributed by atoms with Gasteiger partial charge in [-0.1, -0.05) is 19.8 Å². The fourth-order valence-corrected chi connectivity index (χ4v) is 3.66. The lowest BCUT2D eigenvalue weighted by atomic mass is 9.70. The maximum atomic E-state index is 5.61. The van der Waals surface area contributed by atoms with Crippen LogP contribution in [0.2, 0.25) is 0 Å². The highest BCUT2D eigenvalue weighted by Gasteiger charge is 2.32. The summed E-state index contributed by atoms with van der Waals surface area (Å²) < 4.78 is 5.61. The zero-order valence-corrected chi connectivity index (χ0v) is 14.1. The Morgan fingerprint density at radius 2 is 1.85 bits per heavy atom. The van der Waals surface area contributed by atoms with Crippen LogP contribution in [-0.4, -0.2) is 25.3 Å². The normalized spacial score (nSPS) is 31.5. The number of rotatable bonds is 8. The molecule has 0 amide bonds. The number of ether oxygens (including phenoxy) is 1. The maximum Gasteiger partial charge on any atom is 0.0622 e. The standard InChI is InChI=1S/C18H35NO/c1-5-14-6-7-16(13-19-17-8-9-17)15(12-14)10-11-18(2,3)20-4/h14-17,19H,5-13H2,1-4H3. The first kappa shape index (κ1) is 16.3. The maximum absolute atomic E-state index is 5.61. The monoisotopic (exact) mass is 281 g/mol. The molecule has 3 unspecified atom stereocenters. The lowest BCUT2D eigenvalue weighted by Gasteiger charge is -2.38. The first-order valence-corrected chi connectivity index (χ1v) is 8.82. The number of hydrogen-bond acceptors (Lipinski definition) is 2. The quantitative estimate of drug-likeness (QED) is 0.712. The van der Waals surface area contributed by atoms with Crippen LogP contribution in [0.15, 0.2) is 0 Å². The molecule has 2 nitrogen and oxygen atoms in total. The summed E-state index contributed by atoms with van der Waals surface area (Å²) in [5, 5.41) is 3.77. The van der Waals surface area contributed by atoms with E-state index in [0.29, 0.717) is 0 Å². The molecule has 0 spiro atoms. The van der Waals surface area contributed by atoms with E-state index in [-0.39, 0.29) is 5.60 Å². The molecule has 2 saturated carbocycles. The Bertz CT molecular complexity index is 285. The van der Waals surface area contributed by atoms with Gasteiger partial charge >= 0.3 is 0 Å². The van der Waals surface area contributed by atoms with Crippen LogP contribution in [0.4, 0.5) is 0 Å². The van der Waals surface area contributed by atoms with Gasteiger partial charge in [0, 0.05) is 13.2 Å². The summed E-state index contributed by atoms with van der Waals surface area (Å²) in [6.45, 7) is 8.08. The highest BCUT2D eigenvalue weighted by atomic mass is 16.5. The Hall–Kier alpha value is -0.0800. The molecule has 0 bridgehead atoms. The molecule has 2 rings (SSSR count). The minimum absolute atomic E-state index is 0.0492. The average molecular weight is 281 g/mol. The molecule has 2 aliphatic carbocycles. The van der Waals surface area contributed by atoms with Gasteiger partial charge in [-0.25, -0.2) is 0 Å². The number of nitrogens with one attached hydrogen (secondary N) is 1. The molecule has 2 fully saturated rings. The average Bonchev–Trinajstić information content (AvgIpc) is 3.27. The van der Waals surface area contributed by atoms with Gasteiger partial charge in [0.1, 0.15) is 0 Å². The van der Waals surface area contributed by atoms with Gasteiger partial charge in [-0.2, -0.15) is 0 Å². The summed E-state index contributed by atoms with van der Waals surface area (Å²) in [5.41, 5.74) is 0.0492. The number of methoxy groups -OCH3 is 1. The fourth-order valence-electron chi connectivity index (χ4n) is 3.66. The second kappa shape index (κ2) is 7.26. The Morgan fingerprint density at radius 3 is 2.45 bits per heavy atom. The van der Waals surface area contributed by atoms with E-state index in [1.54, 1.807) is 0 Å². The summed E-state index contributed by atoms with van der Waals surface area (Å²) >= 11 is 0. The van der Waals surface area contributed by atoms with E-state index >= 15 is 0 Å². The van der Waals surface area contributed by atoms with Crippen molar-refractivity contribution in [3.05, 3.63) is 0 Å². The largest absolute Gasteiger partial charge is 0.379 e. The van der Waals surface area contributed by atoms with E-state index in [1.807, 2.05) is 7.11 Å². The molecule has 2 heteroatoms.